The Bertz CT molecular complexity index is 308. The molecule has 0 unspecified atom stereocenters. The maximum Gasteiger partial charge on any atom is 0.0450 e. The lowest BCUT2D eigenvalue weighted by atomic mass is 10.2. The Morgan fingerprint density at radius 3 is 3.00 bits per heavy atom. The zero-order chi connectivity index (χ0) is 10.5. The highest BCUT2D eigenvalue weighted by molar-refractivity contribution is 6.31. The summed E-state index contributed by atoms with van der Waals surface area (Å²) >= 11 is 6.06. The molecule has 3 heteroatoms. The van der Waals surface area contributed by atoms with Gasteiger partial charge in [0.05, 0.1) is 0 Å². The third kappa shape index (κ3) is 3.20. The minimum absolute atomic E-state index is 0.646. The summed E-state index contributed by atoms with van der Waals surface area (Å²) in [6.45, 7) is 3.06. The third-order valence-electron chi connectivity index (χ3n) is 2.83. The van der Waals surface area contributed by atoms with Crippen molar-refractivity contribution in [3.8, 4) is 0 Å². The lowest BCUT2D eigenvalue weighted by Gasteiger charge is -2.11. The summed E-state index contributed by atoms with van der Waals surface area (Å²) < 4.78 is 0. The highest BCUT2D eigenvalue weighted by atomic mass is 35.5. The first kappa shape index (κ1) is 10.9. The maximum atomic E-state index is 6.06. The molecular weight excluding hydrogens is 208 g/mol. The molecule has 15 heavy (non-hydrogen) atoms. The number of hydrogen-bond acceptors (Lipinski definition) is 2. The minimum atomic E-state index is 0.646. The van der Waals surface area contributed by atoms with Gasteiger partial charge in [-0.25, -0.2) is 0 Å². The van der Waals surface area contributed by atoms with Crippen molar-refractivity contribution in [2.24, 2.45) is 0 Å². The molecule has 1 aromatic rings. The lowest BCUT2D eigenvalue weighted by molar-refractivity contribution is 0.536. The topological polar surface area (TPSA) is 24.1 Å². The molecule has 1 atom stereocenters. The molecule has 1 fully saturated rings. The van der Waals surface area contributed by atoms with Gasteiger partial charge >= 0.3 is 0 Å². The summed E-state index contributed by atoms with van der Waals surface area (Å²) in [5, 5.41) is 7.75. The molecule has 0 aliphatic carbocycles. The molecule has 0 bridgehead atoms. The van der Waals surface area contributed by atoms with Gasteiger partial charge in [-0.15, -0.1) is 0 Å². The van der Waals surface area contributed by atoms with Gasteiger partial charge in [-0.2, -0.15) is 0 Å². The SMILES string of the molecule is Clc1ccccc1CNC[C@H]1CCCN1. The normalized spacial score (nSPS) is 20.7. The first-order valence-electron chi connectivity index (χ1n) is 5.54. The Hall–Kier alpha value is -0.570. The molecule has 0 amide bonds. The smallest absolute Gasteiger partial charge is 0.0450 e. The Kier molecular flexibility index (Phi) is 4.01. The molecule has 0 radical (unpaired) electrons. The Morgan fingerprint density at radius 2 is 2.27 bits per heavy atom. The molecule has 2 rings (SSSR count). The molecule has 2 N–H and O–H groups in total. The van der Waals surface area contributed by atoms with Crippen LogP contribution in [0.3, 0.4) is 0 Å². The molecule has 0 saturated carbocycles. The van der Waals surface area contributed by atoms with Gasteiger partial charge in [0, 0.05) is 24.2 Å². The molecule has 82 valence electrons. The summed E-state index contributed by atoms with van der Waals surface area (Å²) in [7, 11) is 0. The highest BCUT2D eigenvalue weighted by Gasteiger charge is 2.12. The van der Waals surface area contributed by atoms with E-state index in [-0.39, 0.29) is 0 Å². The van der Waals surface area contributed by atoms with Crippen molar-refractivity contribution in [3.63, 3.8) is 0 Å². The van der Waals surface area contributed by atoms with Crippen molar-refractivity contribution in [2.75, 3.05) is 13.1 Å². The van der Waals surface area contributed by atoms with E-state index in [1.54, 1.807) is 0 Å². The third-order valence-corrected chi connectivity index (χ3v) is 3.20. The van der Waals surface area contributed by atoms with E-state index < -0.39 is 0 Å². The van der Waals surface area contributed by atoms with E-state index in [9.17, 15) is 0 Å². The minimum Gasteiger partial charge on any atom is -0.313 e. The number of halogens is 1. The summed E-state index contributed by atoms with van der Waals surface area (Å²) in [5.41, 5.74) is 1.18. The van der Waals surface area contributed by atoms with E-state index in [0.717, 1.165) is 18.1 Å². The summed E-state index contributed by atoms with van der Waals surface area (Å²) in [6, 6.07) is 8.64. The van der Waals surface area contributed by atoms with E-state index in [1.165, 1.54) is 24.9 Å². The predicted molar refractivity (Wildman–Crippen MR) is 64.2 cm³/mol. The van der Waals surface area contributed by atoms with Gasteiger partial charge in [-0.1, -0.05) is 29.8 Å². The van der Waals surface area contributed by atoms with Crippen molar-refractivity contribution < 1.29 is 0 Å². The number of benzene rings is 1. The standard InChI is InChI=1S/C12H17ClN2/c13-12-6-2-1-4-10(12)8-14-9-11-5-3-7-15-11/h1-2,4,6,11,14-15H,3,5,7-9H2/t11-/m1/s1. The Morgan fingerprint density at radius 1 is 1.40 bits per heavy atom. The highest BCUT2D eigenvalue weighted by Crippen LogP contribution is 2.14. The zero-order valence-electron chi connectivity index (χ0n) is 8.80. The van der Waals surface area contributed by atoms with Gasteiger partial charge in [0.15, 0.2) is 0 Å². The van der Waals surface area contributed by atoms with Crippen LogP contribution in [-0.4, -0.2) is 19.1 Å². The van der Waals surface area contributed by atoms with E-state index in [1.807, 2.05) is 18.2 Å². The lowest BCUT2D eigenvalue weighted by Crippen LogP contribution is -2.33. The first-order valence-corrected chi connectivity index (χ1v) is 5.91. The first-order chi connectivity index (χ1) is 7.36. The quantitative estimate of drug-likeness (QED) is 0.820. The van der Waals surface area contributed by atoms with Crippen molar-refractivity contribution >= 4 is 11.6 Å². The monoisotopic (exact) mass is 224 g/mol. The Labute approximate surface area is 96.0 Å². The van der Waals surface area contributed by atoms with Crippen molar-refractivity contribution in [3.05, 3.63) is 34.9 Å². The summed E-state index contributed by atoms with van der Waals surface area (Å²) in [4.78, 5) is 0. The van der Waals surface area contributed by atoms with Crippen LogP contribution in [0.2, 0.25) is 5.02 Å². The number of nitrogens with one attached hydrogen (secondary N) is 2. The van der Waals surface area contributed by atoms with Crippen LogP contribution in [0.25, 0.3) is 0 Å². The largest absolute Gasteiger partial charge is 0.313 e. The summed E-state index contributed by atoms with van der Waals surface area (Å²) in [5.74, 6) is 0. The molecule has 1 saturated heterocycles. The number of rotatable bonds is 4. The molecule has 1 aliphatic rings. The molecule has 0 spiro atoms. The Balaban J connectivity index is 1.75. The van der Waals surface area contributed by atoms with E-state index in [0.29, 0.717) is 6.04 Å². The van der Waals surface area contributed by atoms with Crippen molar-refractivity contribution in [2.45, 2.75) is 25.4 Å². The molecule has 1 aliphatic heterocycles. The molecule has 1 aromatic carbocycles. The summed E-state index contributed by atoms with van der Waals surface area (Å²) in [6.07, 6.45) is 2.59. The van der Waals surface area contributed by atoms with Crippen LogP contribution in [0.1, 0.15) is 18.4 Å². The fourth-order valence-corrected chi connectivity index (χ4v) is 2.16. The van der Waals surface area contributed by atoms with Gasteiger partial charge in [0.2, 0.25) is 0 Å². The molecule has 2 nitrogen and oxygen atoms in total. The predicted octanol–water partition coefficient (Wildman–Crippen LogP) is 2.18. The fourth-order valence-electron chi connectivity index (χ4n) is 1.95. The van der Waals surface area contributed by atoms with Crippen LogP contribution >= 0.6 is 11.6 Å². The molecule has 0 aromatic heterocycles. The van der Waals surface area contributed by atoms with Gasteiger partial charge in [-0.05, 0) is 31.0 Å². The van der Waals surface area contributed by atoms with Crippen molar-refractivity contribution in [1.29, 1.82) is 0 Å². The van der Waals surface area contributed by atoms with Crippen LogP contribution in [-0.2, 0) is 6.54 Å². The van der Waals surface area contributed by atoms with Crippen LogP contribution in [0, 0.1) is 0 Å². The van der Waals surface area contributed by atoms with Gasteiger partial charge in [0.25, 0.3) is 0 Å². The van der Waals surface area contributed by atoms with E-state index in [2.05, 4.69) is 16.7 Å². The second kappa shape index (κ2) is 5.50. The average Bonchev–Trinajstić information content (AvgIpc) is 2.74. The average molecular weight is 225 g/mol. The molecule has 1 heterocycles. The maximum absolute atomic E-state index is 6.06. The van der Waals surface area contributed by atoms with E-state index >= 15 is 0 Å². The van der Waals surface area contributed by atoms with Crippen LogP contribution < -0.4 is 10.6 Å². The second-order valence-electron chi connectivity index (χ2n) is 4.02. The van der Waals surface area contributed by atoms with E-state index in [4.69, 9.17) is 11.6 Å². The van der Waals surface area contributed by atoms with Crippen LogP contribution in [0.5, 0.6) is 0 Å². The zero-order valence-corrected chi connectivity index (χ0v) is 9.56. The van der Waals surface area contributed by atoms with Crippen LogP contribution in [0.15, 0.2) is 24.3 Å². The number of hydrogen-bond donors (Lipinski definition) is 2. The fraction of sp³-hybridized carbons (Fsp3) is 0.500. The van der Waals surface area contributed by atoms with Crippen LogP contribution in [0.4, 0.5) is 0 Å². The van der Waals surface area contributed by atoms with Gasteiger partial charge in [0.1, 0.15) is 0 Å². The molecular formula is C12H17ClN2. The van der Waals surface area contributed by atoms with Crippen molar-refractivity contribution in [1.82, 2.24) is 10.6 Å². The van der Waals surface area contributed by atoms with Gasteiger partial charge in [-0.3, -0.25) is 0 Å². The second-order valence-corrected chi connectivity index (χ2v) is 4.42. The van der Waals surface area contributed by atoms with Gasteiger partial charge < -0.3 is 10.6 Å².